The summed E-state index contributed by atoms with van der Waals surface area (Å²) in [4.78, 5) is 23.3. The van der Waals surface area contributed by atoms with Crippen LogP contribution in [0.25, 0.3) is 5.82 Å². The fourth-order valence-corrected chi connectivity index (χ4v) is 3.64. The second-order valence-corrected chi connectivity index (χ2v) is 6.18. The van der Waals surface area contributed by atoms with E-state index in [-0.39, 0.29) is 17.4 Å². The molecule has 116 valence electrons. The van der Waals surface area contributed by atoms with Crippen molar-refractivity contribution in [1.82, 2.24) is 20.0 Å². The van der Waals surface area contributed by atoms with Crippen LogP contribution in [0.4, 0.5) is 5.82 Å². The van der Waals surface area contributed by atoms with Crippen LogP contribution >= 0.6 is 11.3 Å². The van der Waals surface area contributed by atoms with Crippen molar-refractivity contribution in [3.63, 3.8) is 0 Å². The molecule has 0 saturated heterocycles. The van der Waals surface area contributed by atoms with Gasteiger partial charge in [0.2, 0.25) is 5.91 Å². The topological polar surface area (TPSA) is 92.7 Å². The third-order valence-electron chi connectivity index (χ3n) is 3.93. The third kappa shape index (κ3) is 2.27. The lowest BCUT2D eigenvalue weighted by Gasteiger charge is -2.23. The molecular formula is C15H13N5O2S. The van der Waals surface area contributed by atoms with Gasteiger partial charge in [0.05, 0.1) is 5.69 Å². The van der Waals surface area contributed by atoms with Gasteiger partial charge >= 0.3 is 0 Å². The second-order valence-electron chi connectivity index (χ2n) is 5.40. The van der Waals surface area contributed by atoms with E-state index in [4.69, 9.17) is 0 Å². The zero-order chi connectivity index (χ0) is 16.0. The van der Waals surface area contributed by atoms with E-state index in [0.29, 0.717) is 18.1 Å². The smallest absolute Gasteiger partial charge is 0.264 e. The molecule has 1 aliphatic rings. The monoisotopic (exact) mass is 327 g/mol. The van der Waals surface area contributed by atoms with Crippen molar-refractivity contribution in [2.24, 2.45) is 0 Å². The Balaban J connectivity index is 1.90. The Morgan fingerprint density at radius 3 is 2.87 bits per heavy atom. The van der Waals surface area contributed by atoms with Crippen LogP contribution in [0, 0.1) is 6.92 Å². The number of aromatic amines is 1. The summed E-state index contributed by atoms with van der Waals surface area (Å²) in [6.45, 7) is 1.91. The highest BCUT2D eigenvalue weighted by Crippen LogP contribution is 2.40. The largest absolute Gasteiger partial charge is 0.310 e. The Morgan fingerprint density at radius 1 is 1.30 bits per heavy atom. The van der Waals surface area contributed by atoms with Gasteiger partial charge in [-0.05, 0) is 35.4 Å². The van der Waals surface area contributed by atoms with Crippen LogP contribution in [0.5, 0.6) is 0 Å². The number of aromatic nitrogens is 4. The molecule has 4 rings (SSSR count). The molecule has 0 unspecified atom stereocenters. The van der Waals surface area contributed by atoms with Gasteiger partial charge in [-0.2, -0.15) is 26.2 Å². The Labute approximate surface area is 135 Å². The van der Waals surface area contributed by atoms with Gasteiger partial charge in [-0.1, -0.05) is 0 Å². The first-order valence-electron chi connectivity index (χ1n) is 7.11. The molecule has 1 aliphatic heterocycles. The highest BCUT2D eigenvalue weighted by atomic mass is 32.1. The summed E-state index contributed by atoms with van der Waals surface area (Å²) in [5, 5.41) is 17.8. The normalized spacial score (nSPS) is 16.9. The lowest BCUT2D eigenvalue weighted by molar-refractivity contribution is -0.116. The van der Waals surface area contributed by atoms with Crippen LogP contribution < -0.4 is 10.9 Å². The number of carbonyl (C=O) groups is 1. The number of aryl methyl sites for hydroxylation is 1. The molecule has 0 fully saturated rings. The third-order valence-corrected chi connectivity index (χ3v) is 4.63. The van der Waals surface area contributed by atoms with E-state index >= 15 is 0 Å². The predicted molar refractivity (Wildman–Crippen MR) is 86.1 cm³/mol. The molecule has 0 radical (unpaired) electrons. The summed E-state index contributed by atoms with van der Waals surface area (Å²) in [5.74, 6) is 1.01. The van der Waals surface area contributed by atoms with Crippen molar-refractivity contribution >= 4 is 23.1 Å². The first-order chi connectivity index (χ1) is 11.1. The molecule has 7 nitrogen and oxygen atoms in total. The van der Waals surface area contributed by atoms with E-state index in [1.807, 2.05) is 18.4 Å². The average molecular weight is 327 g/mol. The minimum atomic E-state index is -0.285. The van der Waals surface area contributed by atoms with Crippen molar-refractivity contribution in [3.8, 4) is 5.82 Å². The maximum Gasteiger partial charge on any atom is 0.264 e. The SMILES string of the molecule is Cc1nn(-c2ccc(=O)[nH]n2)c2c1[C@H](c1ccsc1)CC(=O)N2. The maximum absolute atomic E-state index is 12.2. The molecule has 0 aromatic carbocycles. The number of anilines is 1. The lowest BCUT2D eigenvalue weighted by atomic mass is 9.87. The van der Waals surface area contributed by atoms with Crippen molar-refractivity contribution in [2.75, 3.05) is 5.32 Å². The van der Waals surface area contributed by atoms with Gasteiger partial charge in [-0.15, -0.1) is 0 Å². The quantitative estimate of drug-likeness (QED) is 0.750. The number of hydrogen-bond acceptors (Lipinski definition) is 5. The Kier molecular flexibility index (Phi) is 3.12. The molecule has 3 aromatic heterocycles. The fraction of sp³-hybridized carbons (Fsp3) is 0.200. The molecule has 0 bridgehead atoms. The van der Waals surface area contributed by atoms with E-state index in [1.54, 1.807) is 22.1 Å². The molecule has 0 spiro atoms. The predicted octanol–water partition coefficient (Wildman–Crippen LogP) is 1.80. The summed E-state index contributed by atoms with van der Waals surface area (Å²) < 4.78 is 1.57. The Morgan fingerprint density at radius 2 is 2.17 bits per heavy atom. The minimum Gasteiger partial charge on any atom is -0.310 e. The van der Waals surface area contributed by atoms with E-state index in [2.05, 4.69) is 26.0 Å². The van der Waals surface area contributed by atoms with E-state index in [1.165, 1.54) is 6.07 Å². The highest BCUT2D eigenvalue weighted by molar-refractivity contribution is 7.08. The number of hydrogen-bond donors (Lipinski definition) is 2. The number of H-pyrrole nitrogens is 1. The molecule has 2 N–H and O–H groups in total. The lowest BCUT2D eigenvalue weighted by Crippen LogP contribution is -2.25. The van der Waals surface area contributed by atoms with Gasteiger partial charge in [-0.3, -0.25) is 9.59 Å². The maximum atomic E-state index is 12.2. The molecule has 3 aromatic rings. The van der Waals surface area contributed by atoms with Gasteiger partial charge < -0.3 is 5.32 Å². The Bertz CT molecular complexity index is 921. The summed E-state index contributed by atoms with van der Waals surface area (Å²) in [6.07, 6.45) is 0.398. The average Bonchev–Trinajstić information content (AvgIpc) is 3.16. The minimum absolute atomic E-state index is 0.0125. The number of fused-ring (bicyclic) bond motifs is 1. The van der Waals surface area contributed by atoms with Crippen LogP contribution in [0.15, 0.2) is 33.8 Å². The number of nitrogens with zero attached hydrogens (tertiary/aromatic N) is 3. The molecular weight excluding hydrogens is 314 g/mol. The van der Waals surface area contributed by atoms with Crippen molar-refractivity contribution in [3.05, 3.63) is 56.1 Å². The van der Waals surface area contributed by atoms with Gasteiger partial charge in [0.1, 0.15) is 5.82 Å². The summed E-state index contributed by atoms with van der Waals surface area (Å²) >= 11 is 1.61. The van der Waals surface area contributed by atoms with Gasteiger partial charge in [0.25, 0.3) is 5.56 Å². The molecule has 1 atom stereocenters. The number of thiophene rings is 1. The number of carbonyl (C=O) groups excluding carboxylic acids is 1. The molecule has 8 heteroatoms. The van der Waals surface area contributed by atoms with Crippen LogP contribution in [-0.2, 0) is 4.79 Å². The summed E-state index contributed by atoms with van der Waals surface area (Å²) in [5.41, 5.74) is 2.66. The first kappa shape index (κ1) is 13.9. The van der Waals surface area contributed by atoms with Crippen molar-refractivity contribution in [2.45, 2.75) is 19.3 Å². The van der Waals surface area contributed by atoms with Crippen LogP contribution in [0.2, 0.25) is 0 Å². The summed E-state index contributed by atoms with van der Waals surface area (Å²) in [7, 11) is 0. The van der Waals surface area contributed by atoms with Crippen LogP contribution in [0.3, 0.4) is 0 Å². The zero-order valence-electron chi connectivity index (χ0n) is 12.2. The van der Waals surface area contributed by atoms with Gasteiger partial charge in [0, 0.05) is 24.0 Å². The molecule has 0 saturated carbocycles. The number of amides is 1. The van der Waals surface area contributed by atoms with Crippen LogP contribution in [0.1, 0.15) is 29.2 Å². The highest BCUT2D eigenvalue weighted by Gasteiger charge is 2.33. The van der Waals surface area contributed by atoms with Crippen LogP contribution in [-0.4, -0.2) is 25.9 Å². The standard InChI is InChI=1S/C15H13N5O2S/c1-8-14-10(9-4-5-23-7-9)6-13(22)16-15(14)20(19-8)11-2-3-12(21)18-17-11/h2-5,7,10H,6H2,1H3,(H,16,22)(H,18,21)/t10-/m0/s1. The Hall–Kier alpha value is -2.74. The van der Waals surface area contributed by atoms with Crippen molar-refractivity contribution < 1.29 is 4.79 Å². The second kappa shape index (κ2) is 5.17. The molecule has 4 heterocycles. The van der Waals surface area contributed by atoms with Crippen molar-refractivity contribution in [1.29, 1.82) is 0 Å². The van der Waals surface area contributed by atoms with E-state index in [9.17, 15) is 9.59 Å². The van der Waals surface area contributed by atoms with E-state index in [0.717, 1.165) is 16.8 Å². The zero-order valence-corrected chi connectivity index (χ0v) is 13.1. The first-order valence-corrected chi connectivity index (χ1v) is 8.05. The molecule has 23 heavy (non-hydrogen) atoms. The number of rotatable bonds is 2. The summed E-state index contributed by atoms with van der Waals surface area (Å²) in [6, 6.07) is 4.99. The molecule has 1 amide bonds. The fourth-order valence-electron chi connectivity index (χ4n) is 2.93. The van der Waals surface area contributed by atoms with Gasteiger partial charge in [0.15, 0.2) is 5.82 Å². The molecule has 0 aliphatic carbocycles. The van der Waals surface area contributed by atoms with Gasteiger partial charge in [-0.25, -0.2) is 5.10 Å². The van der Waals surface area contributed by atoms with E-state index < -0.39 is 0 Å². The number of nitrogens with one attached hydrogen (secondary N) is 2.